The van der Waals surface area contributed by atoms with E-state index in [2.05, 4.69) is 20.0 Å². The first-order valence-corrected chi connectivity index (χ1v) is 8.92. The first-order valence-electron chi connectivity index (χ1n) is 8.92. The van der Waals surface area contributed by atoms with Crippen LogP contribution in [0.4, 0.5) is 15.9 Å². The fourth-order valence-corrected chi connectivity index (χ4v) is 3.59. The van der Waals surface area contributed by atoms with Gasteiger partial charge in [0.1, 0.15) is 5.82 Å². The zero-order valence-electron chi connectivity index (χ0n) is 14.5. The van der Waals surface area contributed by atoms with Gasteiger partial charge in [-0.2, -0.15) is 9.49 Å². The molecule has 1 fully saturated rings. The summed E-state index contributed by atoms with van der Waals surface area (Å²) in [4.78, 5) is 24.6. The smallest absolute Gasteiger partial charge is 0.262 e. The summed E-state index contributed by atoms with van der Waals surface area (Å²) >= 11 is 0. The van der Waals surface area contributed by atoms with Gasteiger partial charge < -0.3 is 9.80 Å². The van der Waals surface area contributed by atoms with E-state index < -0.39 is 5.95 Å². The van der Waals surface area contributed by atoms with Gasteiger partial charge >= 0.3 is 0 Å². The minimum Gasteiger partial charge on any atom is -0.357 e. The topological polar surface area (TPSA) is 67.2 Å². The van der Waals surface area contributed by atoms with Gasteiger partial charge in [0.2, 0.25) is 5.95 Å². The minimum atomic E-state index is -0.571. The summed E-state index contributed by atoms with van der Waals surface area (Å²) in [6.07, 6.45) is 7.27. The lowest BCUT2D eigenvalue weighted by Gasteiger charge is -2.16. The second-order valence-electron chi connectivity index (χ2n) is 6.73. The molecule has 5 heterocycles. The zero-order chi connectivity index (χ0) is 18.4. The van der Waals surface area contributed by atoms with Crippen LogP contribution in [0.3, 0.4) is 0 Å². The van der Waals surface area contributed by atoms with E-state index in [0.29, 0.717) is 23.5 Å². The van der Waals surface area contributed by atoms with Crippen LogP contribution >= 0.6 is 0 Å². The monoisotopic (exact) mass is 364 g/mol. The van der Waals surface area contributed by atoms with Crippen molar-refractivity contribution < 1.29 is 9.18 Å². The number of aromatic nitrogens is 4. The molecular formula is C19H17FN6O. The normalized spacial score (nSPS) is 16.3. The van der Waals surface area contributed by atoms with Crippen LogP contribution in [0.5, 0.6) is 0 Å². The van der Waals surface area contributed by atoms with Crippen LogP contribution in [-0.2, 0) is 6.54 Å². The Labute approximate surface area is 155 Å². The van der Waals surface area contributed by atoms with E-state index in [-0.39, 0.29) is 5.91 Å². The molecule has 8 heteroatoms. The molecule has 0 N–H and O–H groups in total. The van der Waals surface area contributed by atoms with Crippen LogP contribution < -0.4 is 9.80 Å². The number of rotatable bonds is 3. The highest BCUT2D eigenvalue weighted by molar-refractivity contribution is 6.09. The molecule has 0 atom stereocenters. The summed E-state index contributed by atoms with van der Waals surface area (Å²) in [6.45, 7) is 2.43. The standard InChI is InChI=1S/C19H17FN6O/c20-17-5-3-13(9-21-17)25-12-16-15(19(25)27)11-26(23-16)14-4-6-18(22-10-14)24-7-1-2-8-24/h3-6,9-11H,1-2,7-8,12H2. The Morgan fingerprint density at radius 1 is 0.963 bits per heavy atom. The molecule has 1 saturated heterocycles. The molecule has 2 aliphatic heterocycles. The summed E-state index contributed by atoms with van der Waals surface area (Å²) in [5, 5.41) is 4.54. The Balaban J connectivity index is 1.38. The maximum Gasteiger partial charge on any atom is 0.262 e. The molecule has 0 aliphatic carbocycles. The van der Waals surface area contributed by atoms with Gasteiger partial charge in [0, 0.05) is 19.3 Å². The number of carbonyl (C=O) groups is 1. The van der Waals surface area contributed by atoms with Crippen molar-refractivity contribution in [3.05, 3.63) is 60.1 Å². The van der Waals surface area contributed by atoms with Gasteiger partial charge in [0.25, 0.3) is 5.91 Å². The van der Waals surface area contributed by atoms with Gasteiger partial charge in [-0.1, -0.05) is 0 Å². The SMILES string of the molecule is O=C1c2cn(-c3ccc(N4CCCC4)nc3)nc2CN1c1ccc(F)nc1. The van der Waals surface area contributed by atoms with Crippen molar-refractivity contribution in [3.8, 4) is 5.69 Å². The van der Waals surface area contributed by atoms with Gasteiger partial charge in [-0.3, -0.25) is 4.79 Å². The molecule has 0 radical (unpaired) electrons. The van der Waals surface area contributed by atoms with Crippen molar-refractivity contribution in [2.24, 2.45) is 0 Å². The molecule has 0 unspecified atom stereocenters. The van der Waals surface area contributed by atoms with E-state index in [9.17, 15) is 9.18 Å². The molecule has 0 spiro atoms. The number of hydrogen-bond acceptors (Lipinski definition) is 5. The predicted molar refractivity (Wildman–Crippen MR) is 97.5 cm³/mol. The first-order chi connectivity index (χ1) is 13.2. The quantitative estimate of drug-likeness (QED) is 0.668. The van der Waals surface area contributed by atoms with E-state index >= 15 is 0 Å². The van der Waals surface area contributed by atoms with Crippen LogP contribution in [0, 0.1) is 5.95 Å². The Morgan fingerprint density at radius 3 is 2.41 bits per heavy atom. The van der Waals surface area contributed by atoms with Crippen molar-refractivity contribution in [1.82, 2.24) is 19.7 Å². The highest BCUT2D eigenvalue weighted by Gasteiger charge is 2.32. The summed E-state index contributed by atoms with van der Waals surface area (Å²) in [5.74, 6) is 0.242. The molecule has 1 amide bonds. The lowest BCUT2D eigenvalue weighted by molar-refractivity contribution is 0.0996. The van der Waals surface area contributed by atoms with Crippen LogP contribution in [0.1, 0.15) is 28.9 Å². The number of carbonyl (C=O) groups excluding carboxylic acids is 1. The van der Waals surface area contributed by atoms with Crippen LogP contribution in [0.25, 0.3) is 5.69 Å². The molecule has 7 nitrogen and oxygen atoms in total. The molecule has 2 aliphatic rings. The Hall–Kier alpha value is -3.29. The average Bonchev–Trinajstić information content (AvgIpc) is 3.41. The number of amides is 1. The van der Waals surface area contributed by atoms with Crippen molar-refractivity contribution >= 4 is 17.4 Å². The number of fused-ring (bicyclic) bond motifs is 1. The van der Waals surface area contributed by atoms with Gasteiger partial charge in [0.15, 0.2) is 0 Å². The molecule has 27 heavy (non-hydrogen) atoms. The maximum atomic E-state index is 13.0. The van der Waals surface area contributed by atoms with Crippen molar-refractivity contribution in [2.75, 3.05) is 22.9 Å². The highest BCUT2D eigenvalue weighted by atomic mass is 19.1. The van der Waals surface area contributed by atoms with Crippen LogP contribution in [0.15, 0.2) is 42.9 Å². The number of pyridine rings is 2. The van der Waals surface area contributed by atoms with Crippen molar-refractivity contribution in [1.29, 1.82) is 0 Å². The fourth-order valence-electron chi connectivity index (χ4n) is 3.59. The molecular weight excluding hydrogens is 347 g/mol. The third-order valence-electron chi connectivity index (χ3n) is 5.02. The number of halogens is 1. The Morgan fingerprint density at radius 2 is 1.74 bits per heavy atom. The predicted octanol–water partition coefficient (Wildman–Crippen LogP) is 2.56. The van der Waals surface area contributed by atoms with E-state index in [1.807, 2.05) is 12.1 Å². The minimum absolute atomic E-state index is 0.161. The summed E-state index contributed by atoms with van der Waals surface area (Å²) in [5.41, 5.74) is 2.61. The number of anilines is 2. The Bertz CT molecular complexity index is 992. The van der Waals surface area contributed by atoms with Crippen molar-refractivity contribution in [3.63, 3.8) is 0 Å². The lowest BCUT2D eigenvalue weighted by Crippen LogP contribution is -2.24. The molecule has 0 bridgehead atoms. The average molecular weight is 364 g/mol. The van der Waals surface area contributed by atoms with Crippen LogP contribution in [0.2, 0.25) is 0 Å². The van der Waals surface area contributed by atoms with Crippen LogP contribution in [-0.4, -0.2) is 38.7 Å². The maximum absolute atomic E-state index is 13.0. The third-order valence-corrected chi connectivity index (χ3v) is 5.02. The lowest BCUT2D eigenvalue weighted by atomic mass is 10.3. The summed E-state index contributed by atoms with van der Waals surface area (Å²) in [7, 11) is 0. The highest BCUT2D eigenvalue weighted by Crippen LogP contribution is 2.28. The fraction of sp³-hybridized carbons (Fsp3) is 0.263. The third kappa shape index (κ3) is 2.73. The first kappa shape index (κ1) is 15.9. The van der Waals surface area contributed by atoms with E-state index in [1.165, 1.54) is 25.1 Å². The second kappa shape index (κ2) is 6.15. The zero-order valence-corrected chi connectivity index (χ0v) is 14.5. The van der Waals surface area contributed by atoms with Gasteiger partial charge in [0.05, 0.1) is 41.6 Å². The van der Waals surface area contributed by atoms with E-state index in [1.54, 1.807) is 28.0 Å². The molecule has 3 aromatic rings. The molecule has 0 saturated carbocycles. The molecule has 136 valence electrons. The molecule has 3 aromatic heterocycles. The van der Waals surface area contributed by atoms with Crippen molar-refractivity contribution in [2.45, 2.75) is 19.4 Å². The summed E-state index contributed by atoms with van der Waals surface area (Å²) in [6, 6.07) is 6.74. The Kier molecular flexibility index (Phi) is 3.63. The van der Waals surface area contributed by atoms with Gasteiger partial charge in [-0.25, -0.2) is 14.6 Å². The van der Waals surface area contributed by atoms with Gasteiger partial charge in [-0.05, 0) is 37.1 Å². The summed E-state index contributed by atoms with van der Waals surface area (Å²) < 4.78 is 14.7. The molecule has 5 rings (SSSR count). The second-order valence-corrected chi connectivity index (χ2v) is 6.73. The van der Waals surface area contributed by atoms with E-state index in [4.69, 9.17) is 0 Å². The number of hydrogen-bond donors (Lipinski definition) is 0. The van der Waals surface area contributed by atoms with E-state index in [0.717, 1.165) is 24.6 Å². The molecule has 0 aromatic carbocycles. The number of nitrogens with zero attached hydrogens (tertiary/aromatic N) is 6. The largest absolute Gasteiger partial charge is 0.357 e. The van der Waals surface area contributed by atoms with Gasteiger partial charge in [-0.15, -0.1) is 0 Å².